The zero-order valence-electron chi connectivity index (χ0n) is 7.26. The number of rotatable bonds is 0. The van der Waals surface area contributed by atoms with E-state index in [4.69, 9.17) is 0 Å². The van der Waals surface area contributed by atoms with Crippen LogP contribution in [-0.4, -0.2) is 11.0 Å². The number of nitrogens with zero attached hydrogens (tertiary/aromatic N) is 1. The highest BCUT2D eigenvalue weighted by atomic mass is 19.1. The summed E-state index contributed by atoms with van der Waals surface area (Å²) in [5.41, 5.74) is 2.36. The van der Waals surface area contributed by atoms with E-state index in [-0.39, 0.29) is 5.95 Å². The summed E-state index contributed by atoms with van der Waals surface area (Å²) in [6.45, 7) is 0. The Morgan fingerprint density at radius 3 is 3.31 bits per heavy atom. The minimum atomic E-state index is -0.347. The fraction of sp³-hybridized carbons (Fsp3) is 0.500. The second-order valence-electron chi connectivity index (χ2n) is 3.90. The second kappa shape index (κ2) is 2.51. The molecule has 0 aromatic carbocycles. The Balaban J connectivity index is 2.12. The first-order valence-corrected chi connectivity index (χ1v) is 4.73. The predicted octanol–water partition coefficient (Wildman–Crippen LogP) is 1.57. The average molecular weight is 178 g/mol. The maximum absolute atomic E-state index is 12.8. The van der Waals surface area contributed by atoms with Crippen LogP contribution in [0.1, 0.15) is 30.0 Å². The first-order chi connectivity index (χ1) is 6.33. The Labute approximate surface area is 76.2 Å². The Bertz CT molecular complexity index is 351. The van der Waals surface area contributed by atoms with Gasteiger partial charge in [0.05, 0.1) is 0 Å². The number of halogens is 1. The first kappa shape index (κ1) is 7.44. The molecule has 0 aliphatic carbocycles. The summed E-state index contributed by atoms with van der Waals surface area (Å²) in [5.74, 6) is -0.347. The highest BCUT2D eigenvalue weighted by Crippen LogP contribution is 2.35. The molecule has 0 saturated carbocycles. The van der Waals surface area contributed by atoms with Crippen molar-refractivity contribution in [1.29, 1.82) is 0 Å². The van der Waals surface area contributed by atoms with Crippen molar-refractivity contribution >= 4 is 0 Å². The van der Waals surface area contributed by atoms with Crippen LogP contribution >= 0.6 is 0 Å². The van der Waals surface area contributed by atoms with E-state index in [2.05, 4.69) is 10.3 Å². The molecule has 2 aliphatic rings. The van der Waals surface area contributed by atoms with E-state index < -0.39 is 0 Å². The molecule has 2 aliphatic heterocycles. The van der Waals surface area contributed by atoms with Gasteiger partial charge in [0.25, 0.3) is 0 Å². The summed E-state index contributed by atoms with van der Waals surface area (Å²) in [5, 5.41) is 3.50. The Morgan fingerprint density at radius 2 is 2.38 bits per heavy atom. The highest BCUT2D eigenvalue weighted by molar-refractivity contribution is 5.32. The van der Waals surface area contributed by atoms with E-state index in [1.807, 2.05) is 0 Å². The van der Waals surface area contributed by atoms with Gasteiger partial charge in [-0.3, -0.25) is 0 Å². The van der Waals surface area contributed by atoms with Crippen molar-refractivity contribution in [2.45, 2.75) is 31.3 Å². The molecule has 0 amide bonds. The fourth-order valence-electron chi connectivity index (χ4n) is 2.46. The van der Waals surface area contributed by atoms with Gasteiger partial charge >= 0.3 is 0 Å². The molecule has 2 nitrogen and oxygen atoms in total. The molecule has 0 spiro atoms. The van der Waals surface area contributed by atoms with Gasteiger partial charge in [0.1, 0.15) is 0 Å². The highest BCUT2D eigenvalue weighted by Gasteiger charge is 2.32. The standard InChI is InChI=1S/C10H11FN2/c11-10-4-6-3-7-1-2-9(13-7)8(6)5-12-10/h4-5,7,9,13H,1-3H2/t7-,9+/m1/s1. The molecular weight excluding hydrogens is 167 g/mol. The summed E-state index contributed by atoms with van der Waals surface area (Å²) in [6.07, 6.45) is 5.03. The molecule has 1 fully saturated rings. The molecule has 1 aromatic heterocycles. The second-order valence-corrected chi connectivity index (χ2v) is 3.90. The monoisotopic (exact) mass is 178 g/mol. The van der Waals surface area contributed by atoms with Crippen LogP contribution in [0.2, 0.25) is 0 Å². The third-order valence-corrected chi connectivity index (χ3v) is 3.07. The van der Waals surface area contributed by atoms with Crippen LogP contribution in [0.15, 0.2) is 12.3 Å². The normalized spacial score (nSPS) is 30.2. The van der Waals surface area contributed by atoms with E-state index >= 15 is 0 Å². The molecule has 68 valence electrons. The zero-order valence-corrected chi connectivity index (χ0v) is 7.26. The molecule has 13 heavy (non-hydrogen) atoms. The van der Waals surface area contributed by atoms with Crippen LogP contribution in [0.3, 0.4) is 0 Å². The van der Waals surface area contributed by atoms with Gasteiger partial charge < -0.3 is 5.32 Å². The van der Waals surface area contributed by atoms with E-state index in [9.17, 15) is 4.39 Å². The lowest BCUT2D eigenvalue weighted by Gasteiger charge is -2.23. The number of pyridine rings is 1. The smallest absolute Gasteiger partial charge is 0.213 e. The average Bonchev–Trinajstić information content (AvgIpc) is 2.48. The van der Waals surface area contributed by atoms with Crippen molar-refractivity contribution in [3.8, 4) is 0 Å². The molecule has 3 heterocycles. The molecule has 3 heteroatoms. The number of hydrogen-bond donors (Lipinski definition) is 1. The quantitative estimate of drug-likeness (QED) is 0.610. The van der Waals surface area contributed by atoms with Crippen molar-refractivity contribution in [3.63, 3.8) is 0 Å². The SMILES string of the molecule is Fc1cc2c(cn1)[C@@H]1CC[C@H](C2)N1. The summed E-state index contributed by atoms with van der Waals surface area (Å²) in [7, 11) is 0. The number of hydrogen-bond acceptors (Lipinski definition) is 2. The minimum Gasteiger partial charge on any atom is -0.307 e. The van der Waals surface area contributed by atoms with Gasteiger partial charge in [0, 0.05) is 18.3 Å². The third-order valence-electron chi connectivity index (χ3n) is 3.07. The molecule has 1 saturated heterocycles. The topological polar surface area (TPSA) is 24.9 Å². The maximum atomic E-state index is 12.8. The zero-order chi connectivity index (χ0) is 8.84. The van der Waals surface area contributed by atoms with Crippen LogP contribution in [0.5, 0.6) is 0 Å². The van der Waals surface area contributed by atoms with Gasteiger partial charge in [-0.25, -0.2) is 4.98 Å². The molecule has 1 aromatic rings. The van der Waals surface area contributed by atoms with Gasteiger partial charge in [-0.1, -0.05) is 0 Å². The van der Waals surface area contributed by atoms with Crippen molar-refractivity contribution in [1.82, 2.24) is 10.3 Å². The van der Waals surface area contributed by atoms with E-state index in [0.717, 1.165) is 12.0 Å². The minimum absolute atomic E-state index is 0.347. The van der Waals surface area contributed by atoms with Crippen LogP contribution in [0.4, 0.5) is 4.39 Å². The molecule has 0 unspecified atom stereocenters. The Kier molecular flexibility index (Phi) is 1.44. The molecule has 0 radical (unpaired) electrons. The molecule has 1 N–H and O–H groups in total. The number of nitrogens with one attached hydrogen (secondary N) is 1. The van der Waals surface area contributed by atoms with Gasteiger partial charge in [-0.15, -0.1) is 0 Å². The summed E-state index contributed by atoms with van der Waals surface area (Å²) in [6, 6.07) is 2.59. The van der Waals surface area contributed by atoms with Crippen molar-refractivity contribution in [2.24, 2.45) is 0 Å². The summed E-state index contributed by atoms with van der Waals surface area (Å²) >= 11 is 0. The Hall–Kier alpha value is -0.960. The van der Waals surface area contributed by atoms with Crippen LogP contribution in [0, 0.1) is 5.95 Å². The number of aromatic nitrogens is 1. The van der Waals surface area contributed by atoms with E-state index in [1.165, 1.54) is 18.4 Å². The summed E-state index contributed by atoms with van der Waals surface area (Å²) in [4.78, 5) is 3.70. The van der Waals surface area contributed by atoms with Gasteiger partial charge in [-0.05, 0) is 36.5 Å². The lowest BCUT2D eigenvalue weighted by atomic mass is 9.97. The molecular formula is C10H11FN2. The van der Waals surface area contributed by atoms with Gasteiger partial charge in [0.15, 0.2) is 0 Å². The van der Waals surface area contributed by atoms with Crippen molar-refractivity contribution in [3.05, 3.63) is 29.3 Å². The summed E-state index contributed by atoms with van der Waals surface area (Å²) < 4.78 is 12.8. The van der Waals surface area contributed by atoms with Crippen molar-refractivity contribution < 1.29 is 4.39 Å². The predicted molar refractivity (Wildman–Crippen MR) is 46.8 cm³/mol. The fourth-order valence-corrected chi connectivity index (χ4v) is 2.46. The molecule has 2 bridgehead atoms. The van der Waals surface area contributed by atoms with Crippen LogP contribution in [-0.2, 0) is 6.42 Å². The third kappa shape index (κ3) is 1.07. The molecule has 3 rings (SSSR count). The van der Waals surface area contributed by atoms with E-state index in [1.54, 1.807) is 12.3 Å². The largest absolute Gasteiger partial charge is 0.307 e. The first-order valence-electron chi connectivity index (χ1n) is 4.73. The Morgan fingerprint density at radius 1 is 1.46 bits per heavy atom. The number of fused-ring (bicyclic) bond motifs is 4. The van der Waals surface area contributed by atoms with E-state index in [0.29, 0.717) is 12.1 Å². The maximum Gasteiger partial charge on any atom is 0.213 e. The van der Waals surface area contributed by atoms with Gasteiger partial charge in [-0.2, -0.15) is 4.39 Å². The lowest BCUT2D eigenvalue weighted by molar-refractivity contribution is 0.502. The van der Waals surface area contributed by atoms with Crippen molar-refractivity contribution in [2.75, 3.05) is 0 Å². The van der Waals surface area contributed by atoms with Crippen LogP contribution < -0.4 is 5.32 Å². The van der Waals surface area contributed by atoms with Gasteiger partial charge in [0.2, 0.25) is 5.95 Å². The lowest BCUT2D eigenvalue weighted by Crippen LogP contribution is -2.31. The molecule has 2 atom stereocenters. The van der Waals surface area contributed by atoms with Crippen LogP contribution in [0.25, 0.3) is 0 Å².